The normalized spacial score (nSPS) is 12.9. The Kier molecular flexibility index (Phi) is 3.74. The molecule has 4 heteroatoms. The van der Waals surface area contributed by atoms with Crippen molar-refractivity contribution < 1.29 is 0 Å². The van der Waals surface area contributed by atoms with Gasteiger partial charge < -0.3 is 5.32 Å². The molecule has 0 aliphatic heterocycles. The summed E-state index contributed by atoms with van der Waals surface area (Å²) in [7, 11) is 0. The van der Waals surface area contributed by atoms with Crippen molar-refractivity contribution in [2.24, 2.45) is 0 Å². The topological polar surface area (TPSA) is 29.9 Å². The fourth-order valence-electron chi connectivity index (χ4n) is 1.56. The lowest BCUT2D eigenvalue weighted by molar-refractivity contribution is 0.577. The third kappa shape index (κ3) is 2.71. The average Bonchev–Trinajstić information content (AvgIpc) is 2.96. The third-order valence-electron chi connectivity index (χ3n) is 2.64. The molecular formula is C12H17N3S. The molecule has 0 aliphatic rings. The van der Waals surface area contributed by atoms with Gasteiger partial charge in [0.05, 0.1) is 6.20 Å². The van der Waals surface area contributed by atoms with Gasteiger partial charge in [-0.25, -0.2) is 0 Å². The molecule has 2 rings (SSSR count). The molecule has 2 aromatic heterocycles. The molecule has 0 saturated carbocycles. The van der Waals surface area contributed by atoms with E-state index in [2.05, 4.69) is 48.0 Å². The number of hydrogen-bond acceptors (Lipinski definition) is 3. The van der Waals surface area contributed by atoms with Crippen molar-refractivity contribution in [2.75, 3.05) is 0 Å². The maximum Gasteiger partial charge on any atom is 0.0537 e. The third-order valence-corrected chi connectivity index (χ3v) is 3.52. The van der Waals surface area contributed by atoms with Crippen LogP contribution in [0.4, 0.5) is 0 Å². The van der Waals surface area contributed by atoms with E-state index in [9.17, 15) is 0 Å². The quantitative estimate of drug-likeness (QED) is 0.863. The van der Waals surface area contributed by atoms with E-state index in [1.165, 1.54) is 10.4 Å². The van der Waals surface area contributed by atoms with E-state index in [0.717, 1.165) is 13.1 Å². The molecule has 0 aromatic carbocycles. The predicted octanol–water partition coefficient (Wildman–Crippen LogP) is 2.82. The number of hydrogen-bond donors (Lipinski definition) is 1. The lowest BCUT2D eigenvalue weighted by atomic mass is 10.2. The standard InChI is InChI=1S/C12H17N3S/c1-3-15-9-11(7-14-15)10(2)13-8-12-5-4-6-16-12/h4-7,9-10,13H,3,8H2,1-2H3. The van der Waals surface area contributed by atoms with E-state index < -0.39 is 0 Å². The summed E-state index contributed by atoms with van der Waals surface area (Å²) < 4.78 is 1.96. The number of thiophene rings is 1. The zero-order valence-corrected chi connectivity index (χ0v) is 10.5. The van der Waals surface area contributed by atoms with E-state index in [0.29, 0.717) is 6.04 Å². The van der Waals surface area contributed by atoms with Crippen molar-refractivity contribution in [1.29, 1.82) is 0 Å². The summed E-state index contributed by atoms with van der Waals surface area (Å²) in [5.41, 5.74) is 1.25. The van der Waals surface area contributed by atoms with E-state index >= 15 is 0 Å². The van der Waals surface area contributed by atoms with Gasteiger partial charge in [0.2, 0.25) is 0 Å². The van der Waals surface area contributed by atoms with Gasteiger partial charge in [0.25, 0.3) is 0 Å². The highest BCUT2D eigenvalue weighted by atomic mass is 32.1. The van der Waals surface area contributed by atoms with Crippen molar-refractivity contribution in [3.63, 3.8) is 0 Å². The minimum absolute atomic E-state index is 0.349. The average molecular weight is 235 g/mol. The van der Waals surface area contributed by atoms with Crippen LogP contribution in [0.3, 0.4) is 0 Å². The summed E-state index contributed by atoms with van der Waals surface area (Å²) in [6.07, 6.45) is 4.04. The molecule has 0 aliphatic carbocycles. The van der Waals surface area contributed by atoms with Gasteiger partial charge in [0.1, 0.15) is 0 Å². The zero-order valence-electron chi connectivity index (χ0n) is 9.68. The number of rotatable bonds is 5. The Morgan fingerprint density at radius 2 is 2.44 bits per heavy atom. The van der Waals surface area contributed by atoms with Crippen LogP contribution >= 0.6 is 11.3 Å². The minimum Gasteiger partial charge on any atom is -0.305 e. The Morgan fingerprint density at radius 1 is 1.56 bits per heavy atom. The largest absolute Gasteiger partial charge is 0.305 e. The predicted molar refractivity (Wildman–Crippen MR) is 67.5 cm³/mol. The molecule has 86 valence electrons. The zero-order chi connectivity index (χ0) is 11.4. The molecule has 0 bridgehead atoms. The van der Waals surface area contributed by atoms with Crippen molar-refractivity contribution in [3.05, 3.63) is 40.3 Å². The van der Waals surface area contributed by atoms with Gasteiger partial charge in [-0.15, -0.1) is 11.3 Å². The monoisotopic (exact) mass is 235 g/mol. The van der Waals surface area contributed by atoms with Crippen LogP contribution in [0.2, 0.25) is 0 Å². The highest BCUT2D eigenvalue weighted by Gasteiger charge is 2.07. The van der Waals surface area contributed by atoms with E-state index in [1.54, 1.807) is 11.3 Å². The molecule has 1 atom stereocenters. The summed E-state index contributed by atoms with van der Waals surface area (Å²) in [4.78, 5) is 1.37. The molecule has 0 radical (unpaired) electrons. The Morgan fingerprint density at radius 3 is 3.06 bits per heavy atom. The van der Waals surface area contributed by atoms with Crippen LogP contribution in [0, 0.1) is 0 Å². The van der Waals surface area contributed by atoms with Crippen LogP contribution in [-0.4, -0.2) is 9.78 Å². The lowest BCUT2D eigenvalue weighted by Gasteiger charge is -2.10. The molecule has 0 amide bonds. The Labute approximate surface area is 100 Å². The first-order valence-corrected chi connectivity index (χ1v) is 6.45. The fourth-order valence-corrected chi connectivity index (χ4v) is 2.22. The van der Waals surface area contributed by atoms with Gasteiger partial charge >= 0.3 is 0 Å². The molecule has 2 aromatic rings. The Hall–Kier alpha value is -1.13. The summed E-state index contributed by atoms with van der Waals surface area (Å²) in [5.74, 6) is 0. The minimum atomic E-state index is 0.349. The highest BCUT2D eigenvalue weighted by molar-refractivity contribution is 7.09. The first-order chi connectivity index (χ1) is 7.79. The summed E-state index contributed by atoms with van der Waals surface area (Å²) >= 11 is 1.79. The molecule has 16 heavy (non-hydrogen) atoms. The lowest BCUT2D eigenvalue weighted by Crippen LogP contribution is -2.16. The second-order valence-corrected chi connectivity index (χ2v) is 4.84. The number of nitrogens with zero attached hydrogens (tertiary/aromatic N) is 2. The Balaban J connectivity index is 1.90. The first kappa shape index (κ1) is 11.4. The molecule has 1 unspecified atom stereocenters. The van der Waals surface area contributed by atoms with Crippen molar-refractivity contribution in [2.45, 2.75) is 33.0 Å². The maximum absolute atomic E-state index is 4.28. The van der Waals surface area contributed by atoms with Crippen LogP contribution < -0.4 is 5.32 Å². The van der Waals surface area contributed by atoms with Crippen LogP contribution in [-0.2, 0) is 13.1 Å². The number of nitrogens with one attached hydrogen (secondary N) is 1. The van der Waals surface area contributed by atoms with E-state index in [-0.39, 0.29) is 0 Å². The van der Waals surface area contributed by atoms with Crippen molar-refractivity contribution in [3.8, 4) is 0 Å². The number of aryl methyl sites for hydroxylation is 1. The van der Waals surface area contributed by atoms with Gasteiger partial charge in [-0.2, -0.15) is 5.10 Å². The molecule has 0 saturated heterocycles. The van der Waals surface area contributed by atoms with Crippen molar-refractivity contribution >= 4 is 11.3 Å². The smallest absolute Gasteiger partial charge is 0.0537 e. The van der Waals surface area contributed by atoms with E-state index in [1.807, 2.05) is 10.9 Å². The van der Waals surface area contributed by atoms with Crippen LogP contribution in [0.5, 0.6) is 0 Å². The van der Waals surface area contributed by atoms with Gasteiger partial charge in [-0.05, 0) is 25.3 Å². The molecule has 3 nitrogen and oxygen atoms in total. The second kappa shape index (κ2) is 5.27. The molecule has 0 spiro atoms. The van der Waals surface area contributed by atoms with Gasteiger partial charge in [-0.1, -0.05) is 6.07 Å². The molecule has 2 heterocycles. The SMILES string of the molecule is CCn1cc(C(C)NCc2cccs2)cn1. The van der Waals surface area contributed by atoms with Gasteiger partial charge in [0.15, 0.2) is 0 Å². The Bertz CT molecular complexity index is 419. The van der Waals surface area contributed by atoms with Crippen molar-refractivity contribution in [1.82, 2.24) is 15.1 Å². The second-order valence-electron chi connectivity index (χ2n) is 3.81. The summed E-state index contributed by atoms with van der Waals surface area (Å²) in [6, 6.07) is 4.59. The van der Waals surface area contributed by atoms with Crippen LogP contribution in [0.1, 0.15) is 30.3 Å². The van der Waals surface area contributed by atoms with Gasteiger partial charge in [0, 0.05) is 35.8 Å². The molecule has 1 N–H and O–H groups in total. The van der Waals surface area contributed by atoms with Gasteiger partial charge in [-0.3, -0.25) is 4.68 Å². The maximum atomic E-state index is 4.28. The van der Waals surface area contributed by atoms with Crippen LogP contribution in [0.25, 0.3) is 0 Å². The fraction of sp³-hybridized carbons (Fsp3) is 0.417. The molecule has 0 fully saturated rings. The summed E-state index contributed by atoms with van der Waals surface area (Å²) in [6.45, 7) is 6.12. The number of aromatic nitrogens is 2. The first-order valence-electron chi connectivity index (χ1n) is 5.57. The van der Waals surface area contributed by atoms with Crippen LogP contribution in [0.15, 0.2) is 29.9 Å². The molecular weight excluding hydrogens is 218 g/mol. The van der Waals surface area contributed by atoms with E-state index in [4.69, 9.17) is 0 Å². The highest BCUT2D eigenvalue weighted by Crippen LogP contribution is 2.14. The summed E-state index contributed by atoms with van der Waals surface area (Å²) in [5, 5.41) is 9.88.